The van der Waals surface area contributed by atoms with Gasteiger partial charge in [0.15, 0.2) is 31.9 Å². The molecule has 0 aliphatic rings. The molecular weight excluding hydrogens is 367 g/mol. The molecule has 0 N–H and O–H groups in total. The van der Waals surface area contributed by atoms with Gasteiger partial charge in [-0.3, -0.25) is 0 Å². The molecule has 0 unspecified atom stereocenters. The van der Waals surface area contributed by atoms with Crippen molar-refractivity contribution in [3.05, 3.63) is 84.7 Å². The Morgan fingerprint density at radius 2 is 1.43 bits per heavy atom. The molecule has 0 atom stereocenters. The van der Waals surface area contributed by atoms with E-state index in [-0.39, 0.29) is 22.5 Å². The minimum absolute atomic E-state index is 0.226. The van der Waals surface area contributed by atoms with Gasteiger partial charge in [-0.25, -0.2) is 4.39 Å². The van der Waals surface area contributed by atoms with E-state index in [1.165, 1.54) is 0 Å². The van der Waals surface area contributed by atoms with Gasteiger partial charge in [0.1, 0.15) is 0 Å². The van der Waals surface area contributed by atoms with Gasteiger partial charge in [-0.05, 0) is 50.2 Å². The normalized spacial score (nSPS) is 11.0. The highest BCUT2D eigenvalue weighted by Crippen LogP contribution is 2.33. The summed E-state index contributed by atoms with van der Waals surface area (Å²) in [7, 11) is -0.385. The first-order chi connectivity index (χ1) is 13.5. The summed E-state index contributed by atoms with van der Waals surface area (Å²) in [6.07, 6.45) is 0.741. The predicted octanol–water partition coefficient (Wildman–Crippen LogP) is 6.49. The van der Waals surface area contributed by atoms with E-state index in [0.717, 1.165) is 21.1 Å². The van der Waals surface area contributed by atoms with Crippen molar-refractivity contribution in [1.29, 1.82) is 0 Å². The van der Waals surface area contributed by atoms with Crippen molar-refractivity contribution in [3.63, 3.8) is 0 Å². The molecule has 3 heteroatoms. The molecule has 1 nitrogen and oxygen atoms in total. The smallest absolute Gasteiger partial charge is 0.170 e. The van der Waals surface area contributed by atoms with Gasteiger partial charge < -0.3 is 4.74 Å². The Kier molecular flexibility index (Phi) is 6.44. The number of ether oxygens (including phenoxy) is 1. The van der Waals surface area contributed by atoms with Crippen LogP contribution < -0.4 is 4.74 Å². The van der Waals surface area contributed by atoms with Crippen LogP contribution in [0.25, 0.3) is 0 Å². The molecule has 142 valence electrons. The van der Waals surface area contributed by atoms with Gasteiger partial charge in [0.05, 0.1) is 10.9 Å². The average Bonchev–Trinajstić information content (AvgIpc) is 2.70. The number of rotatable bonds is 5. The maximum Gasteiger partial charge on any atom is 0.170 e. The van der Waals surface area contributed by atoms with E-state index in [1.54, 1.807) is 12.1 Å². The van der Waals surface area contributed by atoms with Gasteiger partial charge in [-0.15, -0.1) is 0 Å². The molecule has 0 saturated heterocycles. The molecule has 0 radical (unpaired) electrons. The summed E-state index contributed by atoms with van der Waals surface area (Å²) in [5, 5.41) is 0. The highest BCUT2D eigenvalue weighted by Gasteiger charge is 2.30. The Hall–Kier alpha value is -2.70. The molecule has 0 heterocycles. The van der Waals surface area contributed by atoms with E-state index in [4.69, 9.17) is 4.74 Å². The van der Waals surface area contributed by atoms with Gasteiger partial charge in [0.25, 0.3) is 0 Å². The average molecular weight is 392 g/mol. The monoisotopic (exact) mass is 391 g/mol. The first-order valence-corrected chi connectivity index (χ1v) is 10.6. The third-order valence-corrected chi connectivity index (χ3v) is 6.24. The van der Waals surface area contributed by atoms with Crippen LogP contribution in [-0.4, -0.2) is 5.60 Å². The van der Waals surface area contributed by atoms with Crippen LogP contribution >= 0.6 is 0 Å². The summed E-state index contributed by atoms with van der Waals surface area (Å²) in [5.41, 5.74) is -0.737. The molecule has 0 fully saturated rings. The van der Waals surface area contributed by atoms with Crippen molar-refractivity contribution >= 4 is 10.9 Å². The van der Waals surface area contributed by atoms with Crippen LogP contribution in [0.3, 0.4) is 0 Å². The van der Waals surface area contributed by atoms with E-state index in [1.807, 2.05) is 63.2 Å². The van der Waals surface area contributed by atoms with E-state index in [9.17, 15) is 4.39 Å². The minimum Gasteiger partial charge on any atom is -0.472 e. The standard InChI is InChI=1S/C25H24FOS/c1-4-5-18-25(2,3)27-24-17-16-22(19-23(24)26)28(20-12-8-6-9-13-20)21-14-10-7-11-15-21/h6-17,19H,4H2,1-3H3/q+1. The molecule has 0 aliphatic carbocycles. The van der Waals surface area contributed by atoms with Crippen LogP contribution in [0.5, 0.6) is 5.75 Å². The van der Waals surface area contributed by atoms with Crippen molar-refractivity contribution in [2.75, 3.05) is 0 Å². The molecule has 3 aromatic carbocycles. The van der Waals surface area contributed by atoms with Gasteiger partial charge in [-0.2, -0.15) is 0 Å². The van der Waals surface area contributed by atoms with Crippen molar-refractivity contribution in [2.45, 2.75) is 47.5 Å². The van der Waals surface area contributed by atoms with E-state index in [2.05, 4.69) is 36.1 Å². The zero-order chi connectivity index (χ0) is 20.0. The minimum atomic E-state index is -0.737. The Morgan fingerprint density at radius 3 is 1.93 bits per heavy atom. The Morgan fingerprint density at radius 1 is 0.857 bits per heavy atom. The number of benzene rings is 3. The first kappa shape index (κ1) is 20.0. The summed E-state index contributed by atoms with van der Waals surface area (Å²) in [5.74, 6) is 5.90. The molecule has 3 aromatic rings. The fraction of sp³-hybridized carbons (Fsp3) is 0.200. The second-order valence-corrected chi connectivity index (χ2v) is 8.82. The summed E-state index contributed by atoms with van der Waals surface area (Å²) in [4.78, 5) is 3.21. The maximum absolute atomic E-state index is 14.9. The summed E-state index contributed by atoms with van der Waals surface area (Å²) in [6.45, 7) is 5.68. The lowest BCUT2D eigenvalue weighted by Crippen LogP contribution is -2.26. The highest BCUT2D eigenvalue weighted by atomic mass is 32.2. The number of hydrogen-bond acceptors (Lipinski definition) is 1. The third kappa shape index (κ3) is 4.97. The highest BCUT2D eigenvalue weighted by molar-refractivity contribution is 7.97. The van der Waals surface area contributed by atoms with Gasteiger partial charge in [0.2, 0.25) is 0 Å². The zero-order valence-electron chi connectivity index (χ0n) is 16.4. The predicted molar refractivity (Wildman–Crippen MR) is 114 cm³/mol. The maximum atomic E-state index is 14.9. The molecule has 28 heavy (non-hydrogen) atoms. The topological polar surface area (TPSA) is 9.23 Å². The molecule has 0 aromatic heterocycles. The Balaban J connectivity index is 1.98. The SMILES string of the molecule is CCC#CC(C)(C)Oc1ccc([S+](c2ccccc2)c2ccccc2)cc1F. The van der Waals surface area contributed by atoms with E-state index in [0.29, 0.717) is 0 Å². The van der Waals surface area contributed by atoms with Gasteiger partial charge in [-0.1, -0.05) is 55.2 Å². The van der Waals surface area contributed by atoms with Crippen LogP contribution in [-0.2, 0) is 10.9 Å². The summed E-state index contributed by atoms with van der Waals surface area (Å²) >= 11 is 0. The third-order valence-electron chi connectivity index (χ3n) is 4.03. The van der Waals surface area contributed by atoms with Crippen LogP contribution in [0.2, 0.25) is 0 Å². The molecular formula is C25H24FOS+. The van der Waals surface area contributed by atoms with Crippen molar-refractivity contribution in [3.8, 4) is 17.6 Å². The van der Waals surface area contributed by atoms with Crippen molar-refractivity contribution in [2.24, 2.45) is 0 Å². The lowest BCUT2D eigenvalue weighted by Gasteiger charge is -2.21. The van der Waals surface area contributed by atoms with Crippen LogP contribution in [0.1, 0.15) is 27.2 Å². The Bertz CT molecular complexity index is 932. The second kappa shape index (κ2) is 8.99. The number of halogens is 1. The van der Waals surface area contributed by atoms with E-state index < -0.39 is 5.60 Å². The molecule has 3 rings (SSSR count). The van der Waals surface area contributed by atoms with Gasteiger partial charge >= 0.3 is 0 Å². The fourth-order valence-corrected chi connectivity index (χ4v) is 4.91. The second-order valence-electron chi connectivity index (χ2n) is 6.79. The zero-order valence-corrected chi connectivity index (χ0v) is 17.2. The molecule has 0 saturated carbocycles. The molecule has 0 spiro atoms. The molecule has 0 bridgehead atoms. The van der Waals surface area contributed by atoms with Gasteiger partial charge in [0, 0.05) is 12.5 Å². The van der Waals surface area contributed by atoms with Crippen LogP contribution in [0.15, 0.2) is 93.5 Å². The largest absolute Gasteiger partial charge is 0.472 e. The number of hydrogen-bond donors (Lipinski definition) is 0. The summed E-state index contributed by atoms with van der Waals surface area (Å²) < 4.78 is 20.8. The lowest BCUT2D eigenvalue weighted by atomic mass is 10.1. The van der Waals surface area contributed by atoms with Crippen LogP contribution in [0, 0.1) is 17.7 Å². The quantitative estimate of drug-likeness (QED) is 0.357. The lowest BCUT2D eigenvalue weighted by molar-refractivity contribution is 0.164. The van der Waals surface area contributed by atoms with Crippen LogP contribution in [0.4, 0.5) is 4.39 Å². The molecule has 0 amide bonds. The first-order valence-electron chi connectivity index (χ1n) is 9.33. The Labute approximate surface area is 169 Å². The van der Waals surface area contributed by atoms with Crippen molar-refractivity contribution < 1.29 is 9.13 Å². The summed E-state index contributed by atoms with van der Waals surface area (Å²) in [6, 6.07) is 25.6. The fourth-order valence-electron chi connectivity index (χ4n) is 2.81. The van der Waals surface area contributed by atoms with E-state index >= 15 is 0 Å². The molecule has 0 aliphatic heterocycles. The van der Waals surface area contributed by atoms with Crippen molar-refractivity contribution in [1.82, 2.24) is 0 Å².